The lowest BCUT2D eigenvalue weighted by Crippen LogP contribution is -2.40. The average molecular weight is 431 g/mol. The molecule has 0 spiro atoms. The van der Waals surface area contributed by atoms with Crippen molar-refractivity contribution in [3.8, 4) is 5.75 Å². The summed E-state index contributed by atoms with van der Waals surface area (Å²) in [6, 6.07) is 10.2. The van der Waals surface area contributed by atoms with Crippen molar-refractivity contribution in [2.75, 3.05) is 4.72 Å². The van der Waals surface area contributed by atoms with Gasteiger partial charge < -0.3 is 10.1 Å². The van der Waals surface area contributed by atoms with Gasteiger partial charge in [-0.05, 0) is 63.2 Å². The van der Waals surface area contributed by atoms with Gasteiger partial charge >= 0.3 is 0 Å². The highest BCUT2D eigenvalue weighted by atomic mass is 35.5. The highest BCUT2D eigenvalue weighted by Gasteiger charge is 2.18. The van der Waals surface area contributed by atoms with Crippen molar-refractivity contribution in [1.29, 1.82) is 0 Å². The molecule has 146 valence electrons. The second-order valence-electron chi connectivity index (χ2n) is 6.12. The van der Waals surface area contributed by atoms with Gasteiger partial charge in [0.15, 0.2) is 6.10 Å². The molecule has 6 nitrogen and oxygen atoms in total. The molecule has 0 unspecified atom stereocenters. The summed E-state index contributed by atoms with van der Waals surface area (Å²) < 4.78 is 32.9. The number of nitrogens with one attached hydrogen (secondary N) is 2. The summed E-state index contributed by atoms with van der Waals surface area (Å²) in [5.41, 5.74) is 0.184. The van der Waals surface area contributed by atoms with Gasteiger partial charge in [0.1, 0.15) is 5.75 Å². The van der Waals surface area contributed by atoms with Gasteiger partial charge in [-0.3, -0.25) is 9.52 Å². The van der Waals surface area contributed by atoms with E-state index in [1.54, 1.807) is 13.0 Å². The van der Waals surface area contributed by atoms with Crippen LogP contribution in [0.2, 0.25) is 10.0 Å². The Bertz CT molecular complexity index is 915. The van der Waals surface area contributed by atoms with E-state index in [9.17, 15) is 13.2 Å². The van der Waals surface area contributed by atoms with Crippen molar-refractivity contribution in [1.82, 2.24) is 5.32 Å². The van der Waals surface area contributed by atoms with Crippen LogP contribution in [0, 0.1) is 0 Å². The van der Waals surface area contributed by atoms with Crippen LogP contribution in [-0.2, 0) is 14.8 Å². The van der Waals surface area contributed by atoms with E-state index in [2.05, 4.69) is 10.0 Å². The molecule has 0 saturated carbocycles. The van der Waals surface area contributed by atoms with Gasteiger partial charge in [-0.25, -0.2) is 8.42 Å². The molecule has 2 aromatic carbocycles. The van der Waals surface area contributed by atoms with E-state index in [0.717, 1.165) is 0 Å². The zero-order chi connectivity index (χ0) is 20.2. The summed E-state index contributed by atoms with van der Waals surface area (Å²) in [7, 11) is -3.86. The SMILES string of the molecule is CC(C)NC(=O)[C@@H](C)Oc1ccc(S(=O)(=O)Nc2cc(Cl)ccc2Cl)cc1. The Morgan fingerprint density at radius 1 is 1.04 bits per heavy atom. The van der Waals surface area contributed by atoms with Crippen molar-refractivity contribution >= 4 is 44.8 Å². The van der Waals surface area contributed by atoms with Crippen LogP contribution in [0.25, 0.3) is 0 Å². The molecule has 0 aliphatic carbocycles. The molecule has 0 aliphatic rings. The standard InChI is InChI=1S/C18H20Cl2N2O4S/c1-11(2)21-18(23)12(3)26-14-5-7-15(8-6-14)27(24,25)22-17-10-13(19)4-9-16(17)20/h4-12,22H,1-3H3,(H,21,23)/t12-/m1/s1. The molecule has 0 aromatic heterocycles. The van der Waals surface area contributed by atoms with Gasteiger partial charge in [-0.1, -0.05) is 23.2 Å². The fourth-order valence-corrected chi connectivity index (χ4v) is 3.60. The monoisotopic (exact) mass is 430 g/mol. The number of carbonyl (C=O) groups is 1. The van der Waals surface area contributed by atoms with Crippen LogP contribution in [-0.4, -0.2) is 26.5 Å². The Hall–Kier alpha value is -1.96. The van der Waals surface area contributed by atoms with Crippen molar-refractivity contribution in [3.63, 3.8) is 0 Å². The van der Waals surface area contributed by atoms with E-state index in [4.69, 9.17) is 27.9 Å². The molecule has 1 amide bonds. The molecule has 2 N–H and O–H groups in total. The minimum Gasteiger partial charge on any atom is -0.481 e. The first-order valence-corrected chi connectivity index (χ1v) is 10.4. The largest absolute Gasteiger partial charge is 0.481 e. The molecule has 0 aliphatic heterocycles. The molecule has 0 heterocycles. The van der Waals surface area contributed by atoms with Crippen LogP contribution in [0.15, 0.2) is 47.4 Å². The highest BCUT2D eigenvalue weighted by molar-refractivity contribution is 7.92. The number of amides is 1. The summed E-state index contributed by atoms with van der Waals surface area (Å²) in [6.45, 7) is 5.32. The number of benzene rings is 2. The quantitative estimate of drug-likeness (QED) is 0.692. The van der Waals surface area contributed by atoms with E-state index in [0.29, 0.717) is 10.8 Å². The maximum Gasteiger partial charge on any atom is 0.261 e. The van der Waals surface area contributed by atoms with Crippen molar-refractivity contribution in [3.05, 3.63) is 52.5 Å². The number of sulfonamides is 1. The zero-order valence-corrected chi connectivity index (χ0v) is 17.3. The molecule has 9 heteroatoms. The molecule has 0 saturated heterocycles. The summed E-state index contributed by atoms with van der Waals surface area (Å²) in [4.78, 5) is 11.9. The lowest BCUT2D eigenvalue weighted by molar-refractivity contribution is -0.127. The van der Waals surface area contributed by atoms with E-state index >= 15 is 0 Å². The van der Waals surface area contributed by atoms with Gasteiger partial charge in [0.05, 0.1) is 15.6 Å². The number of carbonyl (C=O) groups excluding carboxylic acids is 1. The zero-order valence-electron chi connectivity index (χ0n) is 15.0. The molecule has 2 aromatic rings. The number of hydrogen-bond donors (Lipinski definition) is 2. The first-order valence-electron chi connectivity index (χ1n) is 8.13. The predicted molar refractivity (Wildman–Crippen MR) is 107 cm³/mol. The second kappa shape index (κ2) is 8.82. The Morgan fingerprint density at radius 3 is 2.26 bits per heavy atom. The van der Waals surface area contributed by atoms with Gasteiger partial charge in [0.2, 0.25) is 0 Å². The number of hydrogen-bond acceptors (Lipinski definition) is 4. The number of ether oxygens (including phenoxy) is 1. The minimum absolute atomic E-state index is 0.000423. The van der Waals surface area contributed by atoms with Gasteiger partial charge in [-0.15, -0.1) is 0 Å². The van der Waals surface area contributed by atoms with Gasteiger partial charge in [0.25, 0.3) is 15.9 Å². The Kier molecular flexibility index (Phi) is 6.97. The third-order valence-electron chi connectivity index (χ3n) is 3.42. The van der Waals surface area contributed by atoms with Crippen molar-refractivity contribution in [2.45, 2.75) is 37.8 Å². The lowest BCUT2D eigenvalue weighted by atomic mass is 10.3. The topological polar surface area (TPSA) is 84.5 Å². The van der Waals surface area contributed by atoms with Crippen LogP contribution in [0.1, 0.15) is 20.8 Å². The first kappa shape index (κ1) is 21.3. The summed E-state index contributed by atoms with van der Waals surface area (Å²) in [5.74, 6) is 0.125. The molecule has 2 rings (SSSR count). The summed E-state index contributed by atoms with van der Waals surface area (Å²) in [6.07, 6.45) is -0.710. The summed E-state index contributed by atoms with van der Waals surface area (Å²) >= 11 is 11.9. The smallest absolute Gasteiger partial charge is 0.261 e. The second-order valence-corrected chi connectivity index (χ2v) is 8.65. The highest BCUT2D eigenvalue weighted by Crippen LogP contribution is 2.28. The van der Waals surface area contributed by atoms with Crippen LogP contribution in [0.4, 0.5) is 5.69 Å². The minimum atomic E-state index is -3.86. The van der Waals surface area contributed by atoms with Crippen LogP contribution in [0.5, 0.6) is 5.75 Å². The maximum absolute atomic E-state index is 12.5. The van der Waals surface area contributed by atoms with Crippen LogP contribution in [0.3, 0.4) is 0 Å². The Balaban J connectivity index is 2.11. The Labute approximate surface area is 168 Å². The maximum atomic E-state index is 12.5. The van der Waals surface area contributed by atoms with E-state index in [1.807, 2.05) is 13.8 Å². The number of anilines is 1. The average Bonchev–Trinajstić information content (AvgIpc) is 2.57. The van der Waals surface area contributed by atoms with Crippen LogP contribution < -0.4 is 14.8 Å². The van der Waals surface area contributed by atoms with Crippen molar-refractivity contribution < 1.29 is 17.9 Å². The predicted octanol–water partition coefficient (Wildman–Crippen LogP) is 4.09. The fourth-order valence-electron chi connectivity index (χ4n) is 2.14. The number of rotatable bonds is 7. The fraction of sp³-hybridized carbons (Fsp3) is 0.278. The summed E-state index contributed by atoms with van der Waals surface area (Å²) in [5, 5.41) is 3.33. The molecular weight excluding hydrogens is 411 g/mol. The molecule has 0 fully saturated rings. The van der Waals surface area contributed by atoms with Crippen molar-refractivity contribution in [2.24, 2.45) is 0 Å². The lowest BCUT2D eigenvalue weighted by Gasteiger charge is -2.16. The van der Waals surface area contributed by atoms with E-state index < -0.39 is 16.1 Å². The molecule has 1 atom stereocenters. The van der Waals surface area contributed by atoms with E-state index in [-0.39, 0.29) is 27.6 Å². The molecule has 0 radical (unpaired) electrons. The van der Waals surface area contributed by atoms with Gasteiger partial charge in [-0.2, -0.15) is 0 Å². The van der Waals surface area contributed by atoms with Crippen LogP contribution >= 0.6 is 23.2 Å². The first-order chi connectivity index (χ1) is 12.6. The normalized spacial score (nSPS) is 12.5. The molecule has 27 heavy (non-hydrogen) atoms. The van der Waals surface area contributed by atoms with Gasteiger partial charge in [0, 0.05) is 11.1 Å². The Morgan fingerprint density at radius 2 is 1.67 bits per heavy atom. The third-order valence-corrected chi connectivity index (χ3v) is 5.37. The number of halogens is 2. The third kappa shape index (κ3) is 6.02. The van der Waals surface area contributed by atoms with E-state index in [1.165, 1.54) is 36.4 Å². The molecule has 0 bridgehead atoms. The molecular formula is C18H20Cl2N2O4S.